The highest BCUT2D eigenvalue weighted by Gasteiger charge is 2.48. The van der Waals surface area contributed by atoms with Crippen LogP contribution in [0.4, 0.5) is 0 Å². The fourth-order valence-electron chi connectivity index (χ4n) is 3.80. The van der Waals surface area contributed by atoms with Crippen LogP contribution in [0.25, 0.3) is 0 Å². The number of aliphatic hydroxyl groups is 1. The summed E-state index contributed by atoms with van der Waals surface area (Å²) in [5.41, 5.74) is 0.966. The van der Waals surface area contributed by atoms with Crippen LogP contribution in [-0.4, -0.2) is 17.3 Å². The Hall–Kier alpha value is -0.0900. The van der Waals surface area contributed by atoms with E-state index in [1.807, 2.05) is 0 Å². The molecule has 3 atom stereocenters. The van der Waals surface area contributed by atoms with Gasteiger partial charge in [0.25, 0.3) is 0 Å². The van der Waals surface area contributed by atoms with Crippen molar-refractivity contribution in [1.82, 2.24) is 0 Å². The standard InChI is InChI=1S/C15H20BrNO.ClH/c16-12-6-4-11(5-7-12)14-13-3-1-2-8-15(13,18)9-10-17-14;/h4-7,13-14,17-18H,1-3,8-10H2;1H. The smallest absolute Gasteiger partial charge is 0.117 e. The first kappa shape index (κ1) is 15.3. The number of fused-ring (bicyclic) bond motifs is 1. The normalized spacial score (nSPS) is 34.2. The summed E-state index contributed by atoms with van der Waals surface area (Å²) in [6, 6.07) is 9.06. The van der Waals surface area contributed by atoms with Crippen LogP contribution in [0.15, 0.2) is 28.7 Å². The molecule has 1 heterocycles. The molecule has 1 aliphatic carbocycles. The third kappa shape index (κ3) is 2.99. The summed E-state index contributed by atoms with van der Waals surface area (Å²) >= 11 is 3.49. The SMILES string of the molecule is OC12CCCCC1C(c1ccc(Br)cc1)[NH2+]CC2.[Cl-]. The van der Waals surface area contributed by atoms with Gasteiger partial charge in [0, 0.05) is 22.4 Å². The van der Waals surface area contributed by atoms with Gasteiger partial charge in [-0.25, -0.2) is 0 Å². The molecular weight excluding hydrogens is 326 g/mol. The molecule has 19 heavy (non-hydrogen) atoms. The van der Waals surface area contributed by atoms with Crippen molar-refractivity contribution in [2.24, 2.45) is 5.92 Å². The Kier molecular flexibility index (Phi) is 4.93. The minimum Gasteiger partial charge on any atom is -1.00 e. The molecule has 1 aromatic rings. The van der Waals surface area contributed by atoms with Gasteiger partial charge in [0.15, 0.2) is 0 Å². The molecule has 1 aromatic carbocycles. The average Bonchev–Trinajstić information content (AvgIpc) is 2.38. The summed E-state index contributed by atoms with van der Waals surface area (Å²) in [5, 5.41) is 13.3. The van der Waals surface area contributed by atoms with Crippen LogP contribution < -0.4 is 17.7 Å². The molecule has 0 radical (unpaired) electrons. The summed E-state index contributed by atoms with van der Waals surface area (Å²) in [6.07, 6.45) is 5.60. The van der Waals surface area contributed by atoms with Crippen molar-refractivity contribution in [3.63, 3.8) is 0 Å². The number of hydrogen-bond donors (Lipinski definition) is 2. The van der Waals surface area contributed by atoms with Crippen molar-refractivity contribution in [2.75, 3.05) is 6.54 Å². The molecule has 4 heteroatoms. The molecule has 2 aliphatic rings. The second-order valence-electron chi connectivity index (χ2n) is 5.81. The van der Waals surface area contributed by atoms with Gasteiger partial charge in [-0.2, -0.15) is 0 Å². The summed E-state index contributed by atoms with van der Waals surface area (Å²) in [4.78, 5) is 0. The third-order valence-electron chi connectivity index (χ3n) is 4.75. The highest BCUT2D eigenvalue weighted by atomic mass is 79.9. The van der Waals surface area contributed by atoms with E-state index in [0.29, 0.717) is 12.0 Å². The first-order chi connectivity index (χ1) is 8.69. The van der Waals surface area contributed by atoms with Crippen LogP contribution in [0.1, 0.15) is 43.7 Å². The molecule has 106 valence electrons. The van der Waals surface area contributed by atoms with E-state index in [4.69, 9.17) is 0 Å². The minimum atomic E-state index is -0.398. The quantitative estimate of drug-likeness (QED) is 0.699. The van der Waals surface area contributed by atoms with Gasteiger partial charge < -0.3 is 22.8 Å². The number of hydrogen-bond acceptors (Lipinski definition) is 1. The first-order valence-corrected chi connectivity index (χ1v) is 7.79. The van der Waals surface area contributed by atoms with Gasteiger partial charge in [0.2, 0.25) is 0 Å². The van der Waals surface area contributed by atoms with Crippen LogP contribution >= 0.6 is 15.9 Å². The zero-order valence-electron chi connectivity index (χ0n) is 11.0. The van der Waals surface area contributed by atoms with Crippen molar-refractivity contribution in [3.8, 4) is 0 Å². The van der Waals surface area contributed by atoms with Crippen LogP contribution in [0, 0.1) is 5.92 Å². The molecule has 1 aliphatic heterocycles. The van der Waals surface area contributed by atoms with E-state index in [9.17, 15) is 5.11 Å². The molecule has 2 fully saturated rings. The van der Waals surface area contributed by atoms with Crippen molar-refractivity contribution < 1.29 is 22.8 Å². The summed E-state index contributed by atoms with van der Waals surface area (Å²) in [7, 11) is 0. The molecule has 3 unspecified atom stereocenters. The highest BCUT2D eigenvalue weighted by molar-refractivity contribution is 9.10. The van der Waals surface area contributed by atoms with E-state index in [1.165, 1.54) is 24.8 Å². The van der Waals surface area contributed by atoms with E-state index in [2.05, 4.69) is 45.5 Å². The maximum atomic E-state index is 10.8. The fourth-order valence-corrected chi connectivity index (χ4v) is 4.07. The molecule has 0 aromatic heterocycles. The van der Waals surface area contributed by atoms with Crippen molar-refractivity contribution in [1.29, 1.82) is 0 Å². The van der Waals surface area contributed by atoms with E-state index in [-0.39, 0.29) is 12.4 Å². The lowest BCUT2D eigenvalue weighted by molar-refractivity contribution is -0.719. The van der Waals surface area contributed by atoms with Crippen molar-refractivity contribution >= 4 is 15.9 Å². The number of benzene rings is 1. The Labute approximate surface area is 129 Å². The molecule has 0 bridgehead atoms. The highest BCUT2D eigenvalue weighted by Crippen LogP contribution is 2.43. The lowest BCUT2D eigenvalue weighted by atomic mass is 9.67. The van der Waals surface area contributed by atoms with Gasteiger partial charge in [-0.3, -0.25) is 0 Å². The van der Waals surface area contributed by atoms with Crippen molar-refractivity contribution in [2.45, 2.75) is 43.7 Å². The zero-order valence-corrected chi connectivity index (χ0v) is 13.3. The predicted octanol–water partition coefficient (Wildman–Crippen LogP) is -0.617. The maximum absolute atomic E-state index is 10.8. The van der Waals surface area contributed by atoms with Crippen LogP contribution in [-0.2, 0) is 0 Å². The number of nitrogens with two attached hydrogens (primary N) is 1. The third-order valence-corrected chi connectivity index (χ3v) is 5.28. The van der Waals surface area contributed by atoms with Gasteiger partial charge in [0.1, 0.15) is 6.04 Å². The lowest BCUT2D eigenvalue weighted by Crippen LogP contribution is -3.00. The molecule has 1 saturated carbocycles. The Bertz CT molecular complexity index is 421. The molecule has 2 nitrogen and oxygen atoms in total. The van der Waals surface area contributed by atoms with Crippen molar-refractivity contribution in [3.05, 3.63) is 34.3 Å². The van der Waals surface area contributed by atoms with Gasteiger partial charge in [-0.15, -0.1) is 0 Å². The number of piperidine rings is 1. The molecule has 0 amide bonds. The van der Waals surface area contributed by atoms with E-state index >= 15 is 0 Å². The van der Waals surface area contributed by atoms with Gasteiger partial charge >= 0.3 is 0 Å². The maximum Gasteiger partial charge on any atom is 0.117 e. The Morgan fingerprint density at radius 1 is 1.16 bits per heavy atom. The predicted molar refractivity (Wildman–Crippen MR) is 75.2 cm³/mol. The lowest BCUT2D eigenvalue weighted by Gasteiger charge is -2.46. The van der Waals surface area contributed by atoms with Crippen LogP contribution in [0.2, 0.25) is 0 Å². The first-order valence-electron chi connectivity index (χ1n) is 7.00. The van der Waals surface area contributed by atoms with E-state index in [1.54, 1.807) is 0 Å². The number of halogens is 2. The summed E-state index contributed by atoms with van der Waals surface area (Å²) in [6.45, 7) is 1.05. The molecule has 0 spiro atoms. The molecule has 1 saturated heterocycles. The van der Waals surface area contributed by atoms with E-state index < -0.39 is 5.60 Å². The Balaban J connectivity index is 0.00000133. The van der Waals surface area contributed by atoms with Gasteiger partial charge in [0.05, 0.1) is 12.1 Å². The average molecular weight is 347 g/mol. The molecule has 3 N–H and O–H groups in total. The Morgan fingerprint density at radius 2 is 1.89 bits per heavy atom. The topological polar surface area (TPSA) is 36.8 Å². The van der Waals surface area contributed by atoms with E-state index in [0.717, 1.165) is 23.9 Å². The molecule has 3 rings (SSSR count). The van der Waals surface area contributed by atoms with Crippen LogP contribution in [0.3, 0.4) is 0 Å². The summed E-state index contributed by atoms with van der Waals surface area (Å²) in [5.74, 6) is 0.432. The molecular formula is C15H21BrClNO. The second kappa shape index (κ2) is 6.13. The second-order valence-corrected chi connectivity index (χ2v) is 6.72. The number of rotatable bonds is 1. The summed E-state index contributed by atoms with van der Waals surface area (Å²) < 4.78 is 1.13. The van der Waals surface area contributed by atoms with Gasteiger partial charge in [-0.1, -0.05) is 40.9 Å². The fraction of sp³-hybridized carbons (Fsp3) is 0.600. The monoisotopic (exact) mass is 345 g/mol. The minimum absolute atomic E-state index is 0. The zero-order chi connectivity index (χ0) is 12.6. The van der Waals surface area contributed by atoms with Gasteiger partial charge in [-0.05, 0) is 25.0 Å². The Morgan fingerprint density at radius 3 is 2.63 bits per heavy atom. The number of quaternary nitrogens is 1. The van der Waals surface area contributed by atoms with Crippen LogP contribution in [0.5, 0.6) is 0 Å². The largest absolute Gasteiger partial charge is 1.00 e.